The maximum Gasteiger partial charge on any atom is 2.00 e. The fourth-order valence-corrected chi connectivity index (χ4v) is 0.700. The Bertz CT molecular complexity index is 282. The minimum absolute atomic E-state index is 0. The van der Waals surface area contributed by atoms with E-state index in [-0.39, 0.29) is 49.3 Å². The number of hydrogen-bond acceptors (Lipinski definition) is 6. The summed E-state index contributed by atoms with van der Waals surface area (Å²) in [4.78, 5) is 20.7. The van der Waals surface area contributed by atoms with Crippen molar-refractivity contribution in [2.75, 3.05) is 13.2 Å². The molecule has 0 aromatic heterocycles. The first-order valence-electron chi connectivity index (χ1n) is 5.37. The summed E-state index contributed by atoms with van der Waals surface area (Å²) in [6.07, 6.45) is 1.84. The molecule has 0 aromatic rings. The summed E-state index contributed by atoms with van der Waals surface area (Å²) in [6.45, 7) is 6.59. The molecular formula is C12H18CaO6. The number of carbonyl (C=O) groups excluding carboxylic acids is 2. The molecule has 0 amide bonds. The van der Waals surface area contributed by atoms with Gasteiger partial charge in [0.25, 0.3) is 0 Å². The van der Waals surface area contributed by atoms with E-state index in [0.29, 0.717) is 13.2 Å². The van der Waals surface area contributed by atoms with Crippen LogP contribution < -0.4 is 10.2 Å². The summed E-state index contributed by atoms with van der Waals surface area (Å²) in [7, 11) is 0. The van der Waals surface area contributed by atoms with Crippen LogP contribution in [0.1, 0.15) is 27.7 Å². The van der Waals surface area contributed by atoms with Gasteiger partial charge in [0.05, 0.1) is 13.2 Å². The van der Waals surface area contributed by atoms with Crippen LogP contribution in [0.4, 0.5) is 0 Å². The van der Waals surface area contributed by atoms with E-state index in [1.54, 1.807) is 13.8 Å². The third-order valence-electron chi connectivity index (χ3n) is 1.22. The molecule has 0 spiro atoms. The van der Waals surface area contributed by atoms with Crippen molar-refractivity contribution in [1.29, 1.82) is 0 Å². The molecule has 0 aliphatic carbocycles. The van der Waals surface area contributed by atoms with E-state index in [2.05, 4.69) is 9.47 Å². The van der Waals surface area contributed by atoms with Crippen LogP contribution >= 0.6 is 0 Å². The summed E-state index contributed by atoms with van der Waals surface area (Å²) < 4.78 is 8.87. The Balaban J connectivity index is -0.000000256. The van der Waals surface area contributed by atoms with Crippen LogP contribution in [0, 0.1) is 0 Å². The first-order chi connectivity index (χ1) is 8.33. The van der Waals surface area contributed by atoms with Crippen LogP contribution in [0.15, 0.2) is 23.7 Å². The molecule has 0 aromatic carbocycles. The Morgan fingerprint density at radius 3 is 1.32 bits per heavy atom. The van der Waals surface area contributed by atoms with Crippen LogP contribution in [0.3, 0.4) is 0 Å². The van der Waals surface area contributed by atoms with Crippen molar-refractivity contribution in [3.63, 3.8) is 0 Å². The van der Waals surface area contributed by atoms with Crippen LogP contribution in [0.25, 0.3) is 0 Å². The predicted molar refractivity (Wildman–Crippen MR) is 66.5 cm³/mol. The van der Waals surface area contributed by atoms with E-state index in [1.807, 2.05) is 0 Å². The van der Waals surface area contributed by atoms with Gasteiger partial charge in [-0.25, -0.2) is 9.59 Å². The third kappa shape index (κ3) is 22.9. The molecule has 0 N–H and O–H groups in total. The molecule has 0 aliphatic heterocycles. The normalized spacial score (nSPS) is 10.5. The van der Waals surface area contributed by atoms with E-state index >= 15 is 0 Å². The van der Waals surface area contributed by atoms with Gasteiger partial charge in [-0.1, -0.05) is 13.8 Å². The van der Waals surface area contributed by atoms with Gasteiger partial charge in [0.15, 0.2) is 0 Å². The molecule has 0 saturated carbocycles. The zero-order valence-corrected chi connectivity index (χ0v) is 13.9. The molecule has 0 fully saturated rings. The van der Waals surface area contributed by atoms with Gasteiger partial charge in [0.2, 0.25) is 0 Å². The van der Waals surface area contributed by atoms with Crippen LogP contribution in [-0.4, -0.2) is 62.9 Å². The molecule has 0 radical (unpaired) electrons. The molecule has 6 nitrogen and oxygen atoms in total. The van der Waals surface area contributed by atoms with Crippen molar-refractivity contribution < 1.29 is 29.3 Å². The second-order valence-corrected chi connectivity index (χ2v) is 3.01. The van der Waals surface area contributed by atoms with E-state index in [4.69, 9.17) is 0 Å². The SMILES string of the molecule is CCOC(=O)C=C(C)[O-].CCOC(=O)C=C(C)[O-].[Ca+2]. The second kappa shape index (κ2) is 15.3. The number of hydrogen-bond donors (Lipinski definition) is 0. The van der Waals surface area contributed by atoms with E-state index in [1.165, 1.54) is 13.8 Å². The first-order valence-corrected chi connectivity index (χ1v) is 5.37. The van der Waals surface area contributed by atoms with E-state index in [9.17, 15) is 19.8 Å². The second-order valence-electron chi connectivity index (χ2n) is 3.01. The molecule has 0 rings (SSSR count). The molecule has 0 saturated heterocycles. The molecule has 0 heterocycles. The molecule has 19 heavy (non-hydrogen) atoms. The van der Waals surface area contributed by atoms with Crippen molar-refractivity contribution in [2.45, 2.75) is 27.7 Å². The van der Waals surface area contributed by atoms with Gasteiger partial charge >= 0.3 is 49.7 Å². The zero-order chi connectivity index (χ0) is 14.6. The first kappa shape index (κ1) is 23.4. The molecular weight excluding hydrogens is 280 g/mol. The maximum atomic E-state index is 10.4. The van der Waals surface area contributed by atoms with Crippen molar-refractivity contribution in [3.8, 4) is 0 Å². The summed E-state index contributed by atoms with van der Waals surface area (Å²) in [6, 6.07) is 0. The average molecular weight is 298 g/mol. The monoisotopic (exact) mass is 298 g/mol. The minimum Gasteiger partial charge on any atom is -0.875 e. The summed E-state index contributed by atoms with van der Waals surface area (Å²) in [5, 5.41) is 20.3. The maximum absolute atomic E-state index is 10.4. The smallest absolute Gasteiger partial charge is 0.875 e. The number of esters is 2. The van der Waals surface area contributed by atoms with Gasteiger partial charge in [-0.05, 0) is 13.8 Å². The standard InChI is InChI=1S/2C6H10O3.Ca/c2*1-3-9-6(8)4-5(2)7;/h2*4,7H,3H2,1-2H3;/q;;+2/p-2. The fourth-order valence-electron chi connectivity index (χ4n) is 0.700. The Morgan fingerprint density at radius 2 is 1.16 bits per heavy atom. The Labute approximate surface area is 143 Å². The molecule has 0 unspecified atom stereocenters. The van der Waals surface area contributed by atoms with Gasteiger partial charge in [-0.3, -0.25) is 0 Å². The van der Waals surface area contributed by atoms with Gasteiger partial charge < -0.3 is 19.7 Å². The number of ether oxygens (including phenoxy) is 2. The predicted octanol–water partition coefficient (Wildman–Crippen LogP) is -0.754. The van der Waals surface area contributed by atoms with Gasteiger partial charge in [0, 0.05) is 12.2 Å². The summed E-state index contributed by atoms with van der Waals surface area (Å²) in [5.74, 6) is -1.70. The average Bonchev–Trinajstić information content (AvgIpc) is 2.16. The van der Waals surface area contributed by atoms with Crippen LogP contribution in [0.5, 0.6) is 0 Å². The van der Waals surface area contributed by atoms with Crippen molar-refractivity contribution in [1.82, 2.24) is 0 Å². The van der Waals surface area contributed by atoms with Crippen LogP contribution in [0.2, 0.25) is 0 Å². The summed E-state index contributed by atoms with van der Waals surface area (Å²) >= 11 is 0. The molecule has 7 heteroatoms. The Kier molecular flexibility index (Phi) is 18.9. The third-order valence-corrected chi connectivity index (χ3v) is 1.22. The molecule has 0 aliphatic rings. The summed E-state index contributed by atoms with van der Waals surface area (Å²) in [5.41, 5.74) is 0. The molecule has 0 atom stereocenters. The van der Waals surface area contributed by atoms with Gasteiger partial charge in [0.1, 0.15) is 0 Å². The number of carbonyl (C=O) groups is 2. The molecule has 0 bridgehead atoms. The quantitative estimate of drug-likeness (QED) is 0.293. The zero-order valence-electron chi connectivity index (χ0n) is 11.7. The van der Waals surface area contributed by atoms with Crippen molar-refractivity contribution in [2.24, 2.45) is 0 Å². The number of rotatable bonds is 4. The van der Waals surface area contributed by atoms with E-state index < -0.39 is 11.9 Å². The molecule has 104 valence electrons. The van der Waals surface area contributed by atoms with Crippen molar-refractivity contribution >= 4 is 49.7 Å². The number of allylic oxidation sites excluding steroid dienone is 2. The van der Waals surface area contributed by atoms with E-state index in [0.717, 1.165) is 12.2 Å². The Morgan fingerprint density at radius 1 is 0.895 bits per heavy atom. The topological polar surface area (TPSA) is 98.7 Å². The minimum atomic E-state index is -0.565. The van der Waals surface area contributed by atoms with Crippen molar-refractivity contribution in [3.05, 3.63) is 23.7 Å². The van der Waals surface area contributed by atoms with Gasteiger partial charge in [-0.2, -0.15) is 0 Å². The van der Waals surface area contributed by atoms with Gasteiger partial charge in [-0.15, -0.1) is 11.5 Å². The Hall–Kier alpha value is -0.720. The van der Waals surface area contributed by atoms with Crippen LogP contribution in [-0.2, 0) is 19.1 Å². The largest absolute Gasteiger partial charge is 2.00 e. The fraction of sp³-hybridized carbons (Fsp3) is 0.500.